The normalized spacial score (nSPS) is 9.96. The SMILES string of the molecule is COCCN(CCOC)C(=O)COC(=O)c1ccc(C#N)cc1. The van der Waals surface area contributed by atoms with Crippen LogP contribution in [0.15, 0.2) is 24.3 Å². The van der Waals surface area contributed by atoms with Gasteiger partial charge in [0.15, 0.2) is 6.61 Å². The fourth-order valence-electron chi connectivity index (χ4n) is 1.75. The number of carbonyl (C=O) groups excluding carboxylic acids is 2. The van der Waals surface area contributed by atoms with Crippen molar-refractivity contribution in [1.29, 1.82) is 5.26 Å². The summed E-state index contributed by atoms with van der Waals surface area (Å²) >= 11 is 0. The topological polar surface area (TPSA) is 88.9 Å². The lowest BCUT2D eigenvalue weighted by Gasteiger charge is -2.21. The van der Waals surface area contributed by atoms with E-state index in [1.807, 2.05) is 6.07 Å². The Morgan fingerprint density at radius 1 is 1.09 bits per heavy atom. The highest BCUT2D eigenvalue weighted by atomic mass is 16.5. The lowest BCUT2D eigenvalue weighted by atomic mass is 10.1. The Morgan fingerprint density at radius 2 is 1.65 bits per heavy atom. The molecule has 1 aromatic rings. The van der Waals surface area contributed by atoms with E-state index in [1.165, 1.54) is 29.2 Å². The molecule has 0 aromatic heterocycles. The van der Waals surface area contributed by atoms with Crippen LogP contribution < -0.4 is 0 Å². The van der Waals surface area contributed by atoms with Crippen molar-refractivity contribution in [3.63, 3.8) is 0 Å². The molecule has 0 fully saturated rings. The third kappa shape index (κ3) is 6.46. The zero-order valence-electron chi connectivity index (χ0n) is 13.3. The van der Waals surface area contributed by atoms with Crippen LogP contribution in [0.4, 0.5) is 0 Å². The molecule has 0 saturated carbocycles. The molecule has 0 unspecified atom stereocenters. The minimum absolute atomic E-state index is 0.289. The van der Waals surface area contributed by atoms with E-state index in [9.17, 15) is 9.59 Å². The minimum Gasteiger partial charge on any atom is -0.452 e. The Balaban J connectivity index is 2.53. The molecule has 1 amide bonds. The molecule has 0 aliphatic rings. The first-order chi connectivity index (χ1) is 11.1. The summed E-state index contributed by atoms with van der Waals surface area (Å²) in [6.45, 7) is 1.21. The lowest BCUT2D eigenvalue weighted by Crippen LogP contribution is -2.39. The van der Waals surface area contributed by atoms with Crippen molar-refractivity contribution in [3.05, 3.63) is 35.4 Å². The van der Waals surface area contributed by atoms with Gasteiger partial charge >= 0.3 is 5.97 Å². The Morgan fingerprint density at radius 3 is 2.13 bits per heavy atom. The van der Waals surface area contributed by atoms with Crippen LogP contribution in [-0.2, 0) is 19.0 Å². The maximum absolute atomic E-state index is 12.1. The Bertz CT molecular complexity index is 543. The highest BCUT2D eigenvalue weighted by Gasteiger charge is 2.16. The van der Waals surface area contributed by atoms with Crippen molar-refractivity contribution < 1.29 is 23.8 Å². The standard InChI is InChI=1S/C16H20N2O5/c1-21-9-7-18(8-10-22-2)15(19)12-23-16(20)14-5-3-13(11-17)4-6-14/h3-6H,7-10,12H2,1-2H3. The molecule has 0 spiro atoms. The summed E-state index contributed by atoms with van der Waals surface area (Å²) in [5.41, 5.74) is 0.736. The van der Waals surface area contributed by atoms with Gasteiger partial charge in [-0.3, -0.25) is 4.79 Å². The van der Waals surface area contributed by atoms with Crippen LogP contribution in [0.25, 0.3) is 0 Å². The van der Waals surface area contributed by atoms with Crippen LogP contribution in [-0.4, -0.2) is 63.9 Å². The Hall–Kier alpha value is -2.43. The van der Waals surface area contributed by atoms with E-state index in [4.69, 9.17) is 19.5 Å². The van der Waals surface area contributed by atoms with E-state index in [0.717, 1.165) is 0 Å². The summed E-state index contributed by atoms with van der Waals surface area (Å²) in [6.07, 6.45) is 0. The molecule has 1 aromatic carbocycles. The van der Waals surface area contributed by atoms with Crippen molar-refractivity contribution in [2.24, 2.45) is 0 Å². The summed E-state index contributed by atoms with van der Waals surface area (Å²) in [5.74, 6) is -0.928. The monoisotopic (exact) mass is 320 g/mol. The molecule has 7 heteroatoms. The van der Waals surface area contributed by atoms with Gasteiger partial charge in [-0.25, -0.2) is 4.79 Å². The molecule has 0 bridgehead atoms. The number of ether oxygens (including phenoxy) is 3. The highest BCUT2D eigenvalue weighted by Crippen LogP contribution is 2.05. The molecule has 124 valence electrons. The first kappa shape index (κ1) is 18.6. The molecule has 0 heterocycles. The van der Waals surface area contributed by atoms with Crippen molar-refractivity contribution in [2.45, 2.75) is 0 Å². The molecule has 0 aliphatic carbocycles. The zero-order valence-corrected chi connectivity index (χ0v) is 13.3. The van der Waals surface area contributed by atoms with E-state index in [-0.39, 0.29) is 18.1 Å². The summed E-state index contributed by atoms with van der Waals surface area (Å²) < 4.78 is 14.9. The summed E-state index contributed by atoms with van der Waals surface area (Å²) in [4.78, 5) is 25.5. The number of hydrogen-bond donors (Lipinski definition) is 0. The molecule has 0 N–H and O–H groups in total. The quantitative estimate of drug-likeness (QED) is 0.626. The van der Waals surface area contributed by atoms with Gasteiger partial charge in [0.25, 0.3) is 5.91 Å². The Labute approximate surface area is 135 Å². The van der Waals surface area contributed by atoms with Gasteiger partial charge in [-0.1, -0.05) is 0 Å². The molecule has 0 atom stereocenters. The number of amides is 1. The van der Waals surface area contributed by atoms with Crippen molar-refractivity contribution >= 4 is 11.9 Å². The van der Waals surface area contributed by atoms with Crippen molar-refractivity contribution in [2.75, 3.05) is 47.1 Å². The third-order valence-electron chi connectivity index (χ3n) is 3.06. The van der Waals surface area contributed by atoms with Crippen LogP contribution >= 0.6 is 0 Å². The molecule has 0 saturated heterocycles. The van der Waals surface area contributed by atoms with Gasteiger partial charge < -0.3 is 19.1 Å². The number of esters is 1. The summed E-state index contributed by atoms with van der Waals surface area (Å²) in [5, 5.41) is 8.71. The van der Waals surface area contributed by atoms with E-state index in [0.29, 0.717) is 31.9 Å². The second-order valence-corrected chi connectivity index (χ2v) is 4.63. The van der Waals surface area contributed by atoms with Crippen molar-refractivity contribution in [1.82, 2.24) is 4.90 Å². The molecule has 7 nitrogen and oxygen atoms in total. The molecular formula is C16H20N2O5. The first-order valence-electron chi connectivity index (χ1n) is 7.05. The van der Waals surface area contributed by atoms with Gasteiger partial charge in [0.05, 0.1) is 30.4 Å². The molecule has 23 heavy (non-hydrogen) atoms. The van der Waals surface area contributed by atoms with Gasteiger partial charge in [0.2, 0.25) is 0 Å². The average molecular weight is 320 g/mol. The molecular weight excluding hydrogens is 300 g/mol. The number of hydrogen-bond acceptors (Lipinski definition) is 6. The number of methoxy groups -OCH3 is 2. The average Bonchev–Trinajstić information content (AvgIpc) is 2.59. The van der Waals surface area contributed by atoms with Gasteiger partial charge in [-0.2, -0.15) is 5.26 Å². The smallest absolute Gasteiger partial charge is 0.338 e. The predicted octanol–water partition coefficient (Wildman–Crippen LogP) is 0.836. The van der Waals surface area contributed by atoms with Crippen molar-refractivity contribution in [3.8, 4) is 6.07 Å². The number of benzene rings is 1. The lowest BCUT2D eigenvalue weighted by molar-refractivity contribution is -0.135. The van der Waals surface area contributed by atoms with Gasteiger partial charge in [0.1, 0.15) is 0 Å². The van der Waals surface area contributed by atoms with Crippen LogP contribution in [0.5, 0.6) is 0 Å². The van der Waals surface area contributed by atoms with Gasteiger partial charge in [-0.05, 0) is 24.3 Å². The number of nitrogens with zero attached hydrogens (tertiary/aromatic N) is 2. The maximum atomic E-state index is 12.1. The van der Waals surface area contributed by atoms with Gasteiger partial charge in [0, 0.05) is 27.3 Å². The van der Waals surface area contributed by atoms with E-state index >= 15 is 0 Å². The van der Waals surface area contributed by atoms with Crippen LogP contribution in [0.3, 0.4) is 0 Å². The highest BCUT2D eigenvalue weighted by molar-refractivity contribution is 5.91. The second kappa shape index (κ2) is 10.3. The maximum Gasteiger partial charge on any atom is 0.338 e. The largest absolute Gasteiger partial charge is 0.452 e. The molecule has 0 radical (unpaired) electrons. The fraction of sp³-hybridized carbons (Fsp3) is 0.438. The van der Waals surface area contributed by atoms with Crippen LogP contribution in [0.1, 0.15) is 15.9 Å². The number of rotatable bonds is 9. The van der Waals surface area contributed by atoms with Gasteiger partial charge in [-0.15, -0.1) is 0 Å². The van der Waals surface area contributed by atoms with E-state index in [2.05, 4.69) is 0 Å². The molecule has 0 aliphatic heterocycles. The minimum atomic E-state index is -0.610. The summed E-state index contributed by atoms with van der Waals surface area (Å²) in [7, 11) is 3.09. The third-order valence-corrected chi connectivity index (χ3v) is 3.06. The first-order valence-corrected chi connectivity index (χ1v) is 7.05. The second-order valence-electron chi connectivity index (χ2n) is 4.63. The molecule has 1 rings (SSSR count). The van der Waals surface area contributed by atoms with E-state index < -0.39 is 5.97 Å². The Kier molecular flexibility index (Phi) is 8.36. The van der Waals surface area contributed by atoms with Crippen LogP contribution in [0.2, 0.25) is 0 Å². The van der Waals surface area contributed by atoms with Crippen LogP contribution in [0, 0.1) is 11.3 Å². The zero-order chi connectivity index (χ0) is 17.1. The predicted molar refractivity (Wildman–Crippen MR) is 81.8 cm³/mol. The van der Waals surface area contributed by atoms with E-state index in [1.54, 1.807) is 14.2 Å². The fourth-order valence-corrected chi connectivity index (χ4v) is 1.75. The summed E-state index contributed by atoms with van der Waals surface area (Å²) in [6, 6.07) is 7.96. The number of nitriles is 1. The number of carbonyl (C=O) groups is 2.